The number of aliphatic hydroxyl groups excluding tert-OH is 1. The summed E-state index contributed by atoms with van der Waals surface area (Å²) >= 11 is 6.08. The van der Waals surface area contributed by atoms with E-state index in [0.29, 0.717) is 29.3 Å². The molecule has 0 fully saturated rings. The summed E-state index contributed by atoms with van der Waals surface area (Å²) in [6.07, 6.45) is -0.231. The van der Waals surface area contributed by atoms with E-state index >= 15 is 0 Å². The quantitative estimate of drug-likeness (QED) is 0.789. The first kappa shape index (κ1) is 17.5. The number of halogens is 1. The molecule has 6 heteroatoms. The number of aromatic nitrogens is 2. The van der Waals surface area contributed by atoms with Crippen molar-refractivity contribution < 1.29 is 14.6 Å². The molecule has 0 amide bonds. The highest BCUT2D eigenvalue weighted by atomic mass is 35.5. The summed E-state index contributed by atoms with van der Waals surface area (Å²) < 4.78 is 7.23. The van der Waals surface area contributed by atoms with E-state index in [1.54, 1.807) is 28.9 Å². The van der Waals surface area contributed by atoms with Crippen molar-refractivity contribution >= 4 is 17.4 Å². The molecule has 0 radical (unpaired) electrons. The summed E-state index contributed by atoms with van der Waals surface area (Å²) in [6, 6.07) is 6.92. The van der Waals surface area contributed by atoms with E-state index in [0.717, 1.165) is 11.4 Å². The van der Waals surface area contributed by atoms with E-state index < -0.39 is 6.10 Å². The maximum atomic E-state index is 11.6. The first-order chi connectivity index (χ1) is 10.9. The summed E-state index contributed by atoms with van der Waals surface area (Å²) in [5.41, 5.74) is 2.23. The molecular formula is C17H21ClN2O3. The van der Waals surface area contributed by atoms with E-state index in [2.05, 4.69) is 5.10 Å². The Bertz CT molecular complexity index is 680. The molecule has 1 atom stereocenters. The fourth-order valence-corrected chi connectivity index (χ4v) is 2.37. The van der Waals surface area contributed by atoms with Gasteiger partial charge in [0, 0.05) is 12.0 Å². The SMILES string of the molecule is CCC(=O)c1ccc(OC[C@H](O)Cn2nc(C)c(Cl)c2C)cc1. The predicted molar refractivity (Wildman–Crippen MR) is 89.3 cm³/mol. The fourth-order valence-electron chi connectivity index (χ4n) is 2.24. The molecule has 0 saturated carbocycles. The number of carbonyl (C=O) groups excluding carboxylic acids is 1. The minimum atomic E-state index is -0.707. The zero-order chi connectivity index (χ0) is 17.0. The Kier molecular flexibility index (Phi) is 5.80. The molecule has 2 rings (SSSR count). The van der Waals surface area contributed by atoms with Crippen LogP contribution in [-0.2, 0) is 6.54 Å². The van der Waals surface area contributed by atoms with Crippen molar-refractivity contribution in [3.8, 4) is 5.75 Å². The van der Waals surface area contributed by atoms with E-state index in [4.69, 9.17) is 16.3 Å². The topological polar surface area (TPSA) is 64.3 Å². The van der Waals surface area contributed by atoms with Crippen molar-refractivity contribution in [2.45, 2.75) is 39.8 Å². The highest BCUT2D eigenvalue weighted by Crippen LogP contribution is 2.19. The number of hydrogen-bond acceptors (Lipinski definition) is 4. The second-order valence-electron chi connectivity index (χ2n) is 5.43. The van der Waals surface area contributed by atoms with Gasteiger partial charge in [0.25, 0.3) is 0 Å². The van der Waals surface area contributed by atoms with Gasteiger partial charge in [-0.1, -0.05) is 18.5 Å². The van der Waals surface area contributed by atoms with E-state index in [-0.39, 0.29) is 12.4 Å². The van der Waals surface area contributed by atoms with Crippen molar-refractivity contribution in [2.75, 3.05) is 6.61 Å². The number of benzene rings is 1. The number of ketones is 1. The monoisotopic (exact) mass is 336 g/mol. The first-order valence-corrected chi connectivity index (χ1v) is 7.93. The molecule has 0 aliphatic rings. The Morgan fingerprint density at radius 2 is 2.00 bits per heavy atom. The zero-order valence-corrected chi connectivity index (χ0v) is 14.3. The summed E-state index contributed by atoms with van der Waals surface area (Å²) in [5.74, 6) is 0.709. The Morgan fingerprint density at radius 3 is 2.52 bits per heavy atom. The van der Waals surface area contributed by atoms with Gasteiger partial charge in [-0.05, 0) is 38.1 Å². The molecular weight excluding hydrogens is 316 g/mol. The van der Waals surface area contributed by atoms with Crippen LogP contribution in [0.5, 0.6) is 5.75 Å². The van der Waals surface area contributed by atoms with Crippen LogP contribution in [0.1, 0.15) is 35.1 Å². The third-order valence-electron chi connectivity index (χ3n) is 3.62. The van der Waals surface area contributed by atoms with Crippen molar-refractivity contribution in [3.63, 3.8) is 0 Å². The Morgan fingerprint density at radius 1 is 1.35 bits per heavy atom. The molecule has 0 aliphatic carbocycles. The first-order valence-electron chi connectivity index (χ1n) is 7.56. The zero-order valence-electron chi connectivity index (χ0n) is 13.5. The molecule has 1 aromatic heterocycles. The maximum Gasteiger partial charge on any atom is 0.162 e. The van der Waals surface area contributed by atoms with Crippen molar-refractivity contribution in [2.24, 2.45) is 0 Å². The minimum absolute atomic E-state index is 0.0954. The Balaban J connectivity index is 1.90. The summed E-state index contributed by atoms with van der Waals surface area (Å²) in [7, 11) is 0. The van der Waals surface area contributed by atoms with Gasteiger partial charge in [0.2, 0.25) is 0 Å². The van der Waals surface area contributed by atoms with E-state index in [9.17, 15) is 9.90 Å². The molecule has 23 heavy (non-hydrogen) atoms. The van der Waals surface area contributed by atoms with Gasteiger partial charge in [-0.3, -0.25) is 9.48 Å². The molecule has 1 heterocycles. The highest BCUT2D eigenvalue weighted by molar-refractivity contribution is 6.31. The fraction of sp³-hybridized carbons (Fsp3) is 0.412. The molecule has 0 spiro atoms. The lowest BCUT2D eigenvalue weighted by molar-refractivity contribution is 0.0886. The number of nitrogens with zero attached hydrogens (tertiary/aromatic N) is 2. The molecule has 0 unspecified atom stereocenters. The largest absolute Gasteiger partial charge is 0.491 e. The van der Waals surface area contributed by atoms with Gasteiger partial charge in [0.15, 0.2) is 5.78 Å². The number of Topliss-reactive ketones (excluding diaryl/α,β-unsaturated/α-hetero) is 1. The number of aryl methyl sites for hydroxylation is 1. The van der Waals surface area contributed by atoms with Crippen molar-refractivity contribution in [1.29, 1.82) is 0 Å². The van der Waals surface area contributed by atoms with Gasteiger partial charge < -0.3 is 9.84 Å². The Labute approximate surface area is 140 Å². The van der Waals surface area contributed by atoms with E-state index in [1.165, 1.54) is 0 Å². The van der Waals surface area contributed by atoms with Crippen LogP contribution < -0.4 is 4.74 Å². The van der Waals surface area contributed by atoms with Crippen LogP contribution >= 0.6 is 11.6 Å². The molecule has 1 aromatic carbocycles. The smallest absolute Gasteiger partial charge is 0.162 e. The van der Waals surface area contributed by atoms with E-state index in [1.807, 2.05) is 20.8 Å². The molecule has 0 bridgehead atoms. The molecule has 0 saturated heterocycles. The average molecular weight is 337 g/mol. The van der Waals surface area contributed by atoms with Crippen LogP contribution in [-0.4, -0.2) is 33.4 Å². The minimum Gasteiger partial charge on any atom is -0.491 e. The number of carbonyl (C=O) groups is 1. The molecule has 5 nitrogen and oxygen atoms in total. The van der Waals surface area contributed by atoms with Crippen LogP contribution in [0.2, 0.25) is 5.02 Å². The standard InChI is InChI=1S/C17H21ClN2O3/c1-4-16(22)13-5-7-15(8-6-13)23-10-14(21)9-20-12(3)17(18)11(2)19-20/h5-8,14,21H,4,9-10H2,1-3H3/t14-/m1/s1. The summed E-state index contributed by atoms with van der Waals surface area (Å²) in [5, 5.41) is 15.0. The number of ether oxygens (including phenoxy) is 1. The lowest BCUT2D eigenvalue weighted by atomic mass is 10.1. The normalized spacial score (nSPS) is 12.2. The predicted octanol–water partition coefficient (Wildman–Crippen LogP) is 3.19. The van der Waals surface area contributed by atoms with Gasteiger partial charge in [0.05, 0.1) is 23.0 Å². The number of aliphatic hydroxyl groups is 1. The molecule has 124 valence electrons. The number of rotatable bonds is 7. The molecule has 2 aromatic rings. The van der Waals surface area contributed by atoms with Gasteiger partial charge in [0.1, 0.15) is 18.5 Å². The van der Waals surface area contributed by atoms with Gasteiger partial charge in [-0.2, -0.15) is 5.10 Å². The van der Waals surface area contributed by atoms with Crippen molar-refractivity contribution in [3.05, 3.63) is 46.2 Å². The lowest BCUT2D eigenvalue weighted by Gasteiger charge is -2.13. The van der Waals surface area contributed by atoms with Crippen LogP contribution in [0.25, 0.3) is 0 Å². The van der Waals surface area contributed by atoms with Crippen molar-refractivity contribution in [1.82, 2.24) is 9.78 Å². The van der Waals surface area contributed by atoms with Crippen LogP contribution in [0, 0.1) is 13.8 Å². The maximum absolute atomic E-state index is 11.6. The van der Waals surface area contributed by atoms with Gasteiger partial charge in [-0.25, -0.2) is 0 Å². The second-order valence-corrected chi connectivity index (χ2v) is 5.81. The van der Waals surface area contributed by atoms with Crippen LogP contribution in [0.15, 0.2) is 24.3 Å². The van der Waals surface area contributed by atoms with Crippen LogP contribution in [0.3, 0.4) is 0 Å². The second kappa shape index (κ2) is 7.62. The average Bonchev–Trinajstić information content (AvgIpc) is 2.79. The molecule has 0 aliphatic heterocycles. The third kappa shape index (κ3) is 4.33. The lowest BCUT2D eigenvalue weighted by Crippen LogP contribution is -2.24. The van der Waals surface area contributed by atoms with Gasteiger partial charge >= 0.3 is 0 Å². The Hall–Kier alpha value is -1.85. The molecule has 1 N–H and O–H groups in total. The highest BCUT2D eigenvalue weighted by Gasteiger charge is 2.13. The van der Waals surface area contributed by atoms with Crippen LogP contribution in [0.4, 0.5) is 0 Å². The summed E-state index contributed by atoms with van der Waals surface area (Å²) in [6.45, 7) is 5.96. The van der Waals surface area contributed by atoms with Gasteiger partial charge in [-0.15, -0.1) is 0 Å². The third-order valence-corrected chi connectivity index (χ3v) is 4.16. The summed E-state index contributed by atoms with van der Waals surface area (Å²) in [4.78, 5) is 11.6. The number of hydrogen-bond donors (Lipinski definition) is 1.